The first-order valence-corrected chi connectivity index (χ1v) is 5.76. The lowest BCUT2D eigenvalue weighted by Gasteiger charge is -2.18. The zero-order valence-corrected chi connectivity index (χ0v) is 10.3. The zero-order valence-electron chi connectivity index (χ0n) is 10.3. The maximum Gasteiger partial charge on any atom is 0.128 e. The quantitative estimate of drug-likeness (QED) is 0.596. The van der Waals surface area contributed by atoms with Crippen molar-refractivity contribution in [2.24, 2.45) is 11.8 Å². The molecular weight excluding hydrogens is 203 g/mol. The molecule has 90 valence electrons. The summed E-state index contributed by atoms with van der Waals surface area (Å²) in [6.07, 6.45) is 1.89. The second-order valence-corrected chi connectivity index (χ2v) is 4.72. The number of nitrogens with one attached hydrogen (secondary N) is 1. The van der Waals surface area contributed by atoms with E-state index in [0.717, 1.165) is 18.4 Å². The van der Waals surface area contributed by atoms with E-state index in [-0.39, 0.29) is 11.9 Å². The molecule has 0 aliphatic carbocycles. The highest BCUT2D eigenvalue weighted by molar-refractivity contribution is 5.26. The van der Waals surface area contributed by atoms with Crippen molar-refractivity contribution in [2.45, 2.75) is 39.7 Å². The number of hydrogen-bond donors (Lipinski definition) is 2. The number of benzene rings is 1. The topological polar surface area (TPSA) is 38.0 Å². The second kappa shape index (κ2) is 5.97. The molecule has 0 heterocycles. The molecule has 0 radical (unpaired) electrons. The monoisotopic (exact) mass is 224 g/mol. The maximum absolute atomic E-state index is 13.7. The highest BCUT2D eigenvalue weighted by Crippen LogP contribution is 2.23. The summed E-state index contributed by atoms with van der Waals surface area (Å²) in [6.45, 7) is 6.18. The van der Waals surface area contributed by atoms with Gasteiger partial charge in [-0.15, -0.1) is 0 Å². The van der Waals surface area contributed by atoms with Gasteiger partial charge in [-0.2, -0.15) is 0 Å². The first kappa shape index (κ1) is 13.1. The minimum Gasteiger partial charge on any atom is -0.271 e. The standard InChI is InChI=1S/C13H21FN2/c1-9(2)4-7-13(16-15)11-6-5-10(3)8-12(11)14/h5-6,8-9,13,16H,4,7,15H2,1-3H3. The highest BCUT2D eigenvalue weighted by Gasteiger charge is 2.14. The molecule has 0 aromatic heterocycles. The molecule has 0 amide bonds. The molecule has 16 heavy (non-hydrogen) atoms. The van der Waals surface area contributed by atoms with Crippen LogP contribution in [-0.4, -0.2) is 0 Å². The molecular formula is C13H21FN2. The SMILES string of the molecule is Cc1ccc(C(CCC(C)C)NN)c(F)c1. The lowest BCUT2D eigenvalue weighted by atomic mass is 9.97. The van der Waals surface area contributed by atoms with Crippen LogP contribution in [0.25, 0.3) is 0 Å². The lowest BCUT2D eigenvalue weighted by Crippen LogP contribution is -2.29. The molecule has 2 nitrogen and oxygen atoms in total. The van der Waals surface area contributed by atoms with Crippen LogP contribution >= 0.6 is 0 Å². The van der Waals surface area contributed by atoms with Crippen molar-refractivity contribution in [3.8, 4) is 0 Å². The summed E-state index contributed by atoms with van der Waals surface area (Å²) in [5, 5.41) is 0. The molecule has 1 rings (SSSR count). The molecule has 0 saturated heterocycles. The van der Waals surface area contributed by atoms with E-state index in [0.29, 0.717) is 11.5 Å². The second-order valence-electron chi connectivity index (χ2n) is 4.72. The highest BCUT2D eigenvalue weighted by atomic mass is 19.1. The van der Waals surface area contributed by atoms with Gasteiger partial charge in [0.1, 0.15) is 5.82 Å². The predicted octanol–water partition coefficient (Wildman–Crippen LogP) is 3.07. The van der Waals surface area contributed by atoms with Gasteiger partial charge in [0.2, 0.25) is 0 Å². The van der Waals surface area contributed by atoms with E-state index >= 15 is 0 Å². The van der Waals surface area contributed by atoms with E-state index in [2.05, 4.69) is 19.3 Å². The summed E-state index contributed by atoms with van der Waals surface area (Å²) in [5.74, 6) is 5.91. The fourth-order valence-corrected chi connectivity index (χ4v) is 1.74. The van der Waals surface area contributed by atoms with Gasteiger partial charge in [-0.05, 0) is 37.3 Å². The Balaban J connectivity index is 2.78. The van der Waals surface area contributed by atoms with Crippen LogP contribution in [0.1, 0.15) is 43.9 Å². The first-order valence-electron chi connectivity index (χ1n) is 5.76. The molecule has 0 bridgehead atoms. The van der Waals surface area contributed by atoms with E-state index in [9.17, 15) is 4.39 Å². The van der Waals surface area contributed by atoms with Gasteiger partial charge in [0, 0.05) is 11.6 Å². The Kier molecular flexibility index (Phi) is 4.90. The van der Waals surface area contributed by atoms with E-state index in [1.165, 1.54) is 0 Å². The van der Waals surface area contributed by atoms with Gasteiger partial charge in [0.05, 0.1) is 0 Å². The molecule has 1 aromatic rings. The van der Waals surface area contributed by atoms with E-state index in [4.69, 9.17) is 5.84 Å². The van der Waals surface area contributed by atoms with Crippen LogP contribution in [0.15, 0.2) is 18.2 Å². The molecule has 0 aliphatic rings. The third kappa shape index (κ3) is 3.58. The van der Waals surface area contributed by atoms with Gasteiger partial charge < -0.3 is 0 Å². The molecule has 1 atom stereocenters. The summed E-state index contributed by atoms with van der Waals surface area (Å²) in [6, 6.07) is 5.19. The number of nitrogens with two attached hydrogens (primary N) is 1. The Morgan fingerprint density at radius 3 is 2.50 bits per heavy atom. The van der Waals surface area contributed by atoms with E-state index in [1.807, 2.05) is 19.1 Å². The van der Waals surface area contributed by atoms with Gasteiger partial charge in [-0.25, -0.2) is 4.39 Å². The smallest absolute Gasteiger partial charge is 0.128 e. The summed E-state index contributed by atoms with van der Waals surface area (Å²) in [5.41, 5.74) is 4.29. The van der Waals surface area contributed by atoms with Crippen molar-refractivity contribution in [2.75, 3.05) is 0 Å². The normalized spacial score (nSPS) is 13.1. The molecule has 1 unspecified atom stereocenters. The number of halogens is 1. The number of aryl methyl sites for hydroxylation is 1. The maximum atomic E-state index is 13.7. The minimum absolute atomic E-state index is 0.0944. The summed E-state index contributed by atoms with van der Waals surface area (Å²) < 4.78 is 13.7. The number of rotatable bonds is 5. The number of hydrogen-bond acceptors (Lipinski definition) is 2. The molecule has 3 N–H and O–H groups in total. The van der Waals surface area contributed by atoms with Gasteiger partial charge in [0.15, 0.2) is 0 Å². The lowest BCUT2D eigenvalue weighted by molar-refractivity contribution is 0.433. The van der Waals surface area contributed by atoms with Gasteiger partial charge in [-0.1, -0.05) is 26.0 Å². The largest absolute Gasteiger partial charge is 0.271 e. The molecule has 0 spiro atoms. The van der Waals surface area contributed by atoms with Crippen molar-refractivity contribution in [1.29, 1.82) is 0 Å². The van der Waals surface area contributed by atoms with Crippen LogP contribution in [0.2, 0.25) is 0 Å². The Hall–Kier alpha value is -0.930. The van der Waals surface area contributed by atoms with Crippen LogP contribution in [-0.2, 0) is 0 Å². The molecule has 0 fully saturated rings. The van der Waals surface area contributed by atoms with Crippen molar-refractivity contribution in [3.63, 3.8) is 0 Å². The fourth-order valence-electron chi connectivity index (χ4n) is 1.74. The van der Waals surface area contributed by atoms with Crippen LogP contribution in [0, 0.1) is 18.7 Å². The third-order valence-electron chi connectivity index (χ3n) is 2.77. The van der Waals surface area contributed by atoms with Crippen LogP contribution < -0.4 is 11.3 Å². The molecule has 0 aliphatic heterocycles. The third-order valence-corrected chi connectivity index (χ3v) is 2.77. The van der Waals surface area contributed by atoms with Gasteiger partial charge in [-0.3, -0.25) is 11.3 Å². The first-order chi connectivity index (χ1) is 7.54. The van der Waals surface area contributed by atoms with Crippen molar-refractivity contribution < 1.29 is 4.39 Å². The predicted molar refractivity (Wildman–Crippen MR) is 65.3 cm³/mol. The summed E-state index contributed by atoms with van der Waals surface area (Å²) in [4.78, 5) is 0. The molecule has 3 heteroatoms. The zero-order chi connectivity index (χ0) is 12.1. The fraction of sp³-hybridized carbons (Fsp3) is 0.538. The van der Waals surface area contributed by atoms with Crippen molar-refractivity contribution in [1.82, 2.24) is 5.43 Å². The Bertz CT molecular complexity index is 337. The molecule has 1 aromatic carbocycles. The van der Waals surface area contributed by atoms with Crippen LogP contribution in [0.5, 0.6) is 0 Å². The van der Waals surface area contributed by atoms with Crippen LogP contribution in [0.3, 0.4) is 0 Å². The van der Waals surface area contributed by atoms with Gasteiger partial charge in [0.25, 0.3) is 0 Å². The van der Waals surface area contributed by atoms with E-state index in [1.54, 1.807) is 6.07 Å². The van der Waals surface area contributed by atoms with Gasteiger partial charge >= 0.3 is 0 Å². The van der Waals surface area contributed by atoms with E-state index < -0.39 is 0 Å². The minimum atomic E-state index is -0.174. The van der Waals surface area contributed by atoms with Crippen LogP contribution in [0.4, 0.5) is 4.39 Å². The van der Waals surface area contributed by atoms with Crippen molar-refractivity contribution >= 4 is 0 Å². The van der Waals surface area contributed by atoms with Crippen molar-refractivity contribution in [3.05, 3.63) is 35.1 Å². The summed E-state index contributed by atoms with van der Waals surface area (Å²) >= 11 is 0. The summed E-state index contributed by atoms with van der Waals surface area (Å²) in [7, 11) is 0. The Labute approximate surface area is 97.0 Å². The average molecular weight is 224 g/mol. The Morgan fingerprint density at radius 2 is 2.00 bits per heavy atom. The average Bonchev–Trinajstić information content (AvgIpc) is 2.21. The number of hydrazine groups is 1. The Morgan fingerprint density at radius 1 is 1.31 bits per heavy atom. The molecule has 0 saturated carbocycles.